The Morgan fingerprint density at radius 2 is 1.78 bits per heavy atom. The first-order chi connectivity index (χ1) is 11.3. The second kappa shape index (κ2) is 6.28. The average molecular weight is 326 g/mol. The number of ether oxygens (including phenoxy) is 2. The third-order valence-corrected chi connectivity index (χ3v) is 5.30. The van der Waals surface area contributed by atoms with Crippen molar-refractivity contribution >= 4 is 17.5 Å². The van der Waals surface area contributed by atoms with Crippen molar-refractivity contribution in [1.82, 2.24) is 0 Å². The molecule has 1 heterocycles. The lowest BCUT2D eigenvalue weighted by Crippen LogP contribution is -2.15. The summed E-state index contributed by atoms with van der Waals surface area (Å²) < 4.78 is 11.1. The molecule has 4 rings (SSSR count). The number of thioether (sulfide) groups is 1. The minimum Gasteiger partial charge on any atom is -0.486 e. The van der Waals surface area contributed by atoms with Gasteiger partial charge in [-0.15, -0.1) is 11.8 Å². The second-order valence-electron chi connectivity index (χ2n) is 5.85. The van der Waals surface area contributed by atoms with Crippen LogP contribution < -0.4 is 9.47 Å². The molecule has 4 heteroatoms. The number of benzene rings is 2. The third kappa shape index (κ3) is 3.08. The molecule has 1 aliphatic heterocycles. The van der Waals surface area contributed by atoms with Crippen LogP contribution in [0, 0.1) is 0 Å². The van der Waals surface area contributed by atoms with Gasteiger partial charge in [0.2, 0.25) is 0 Å². The lowest BCUT2D eigenvalue weighted by Gasteiger charge is -2.18. The van der Waals surface area contributed by atoms with Crippen molar-refractivity contribution in [3.63, 3.8) is 0 Å². The first kappa shape index (κ1) is 14.6. The molecule has 2 aromatic rings. The Hall–Kier alpha value is -1.94. The molecular formula is C19H18O3S. The summed E-state index contributed by atoms with van der Waals surface area (Å²) in [6.07, 6.45) is 3.46. The first-order valence-electron chi connectivity index (χ1n) is 7.97. The van der Waals surface area contributed by atoms with E-state index in [1.165, 1.54) is 17.5 Å². The average Bonchev–Trinajstić information content (AvgIpc) is 3.07. The van der Waals surface area contributed by atoms with Crippen molar-refractivity contribution in [2.24, 2.45) is 0 Å². The van der Waals surface area contributed by atoms with Crippen LogP contribution in [0.25, 0.3) is 0 Å². The summed E-state index contributed by atoms with van der Waals surface area (Å²) in [5.74, 6) is 2.18. The Kier molecular flexibility index (Phi) is 4.00. The maximum Gasteiger partial charge on any atom is 0.173 e. The van der Waals surface area contributed by atoms with Crippen molar-refractivity contribution in [3.05, 3.63) is 53.1 Å². The van der Waals surface area contributed by atoms with E-state index >= 15 is 0 Å². The van der Waals surface area contributed by atoms with Crippen LogP contribution in [0.4, 0.5) is 0 Å². The minimum absolute atomic E-state index is 0.180. The summed E-state index contributed by atoms with van der Waals surface area (Å²) in [6, 6.07) is 12.0. The molecule has 0 fully saturated rings. The van der Waals surface area contributed by atoms with Gasteiger partial charge < -0.3 is 9.47 Å². The molecule has 0 bridgehead atoms. The molecule has 3 nitrogen and oxygen atoms in total. The molecule has 2 aromatic carbocycles. The molecule has 0 saturated carbocycles. The summed E-state index contributed by atoms with van der Waals surface area (Å²) in [4.78, 5) is 13.5. The highest BCUT2D eigenvalue weighted by molar-refractivity contribution is 8.00. The topological polar surface area (TPSA) is 35.5 Å². The van der Waals surface area contributed by atoms with Gasteiger partial charge in [-0.05, 0) is 54.7 Å². The number of ketones is 1. The van der Waals surface area contributed by atoms with Crippen LogP contribution >= 0.6 is 11.8 Å². The van der Waals surface area contributed by atoms with Gasteiger partial charge in [-0.3, -0.25) is 4.79 Å². The number of hydrogen-bond acceptors (Lipinski definition) is 4. The number of aryl methyl sites for hydroxylation is 2. The van der Waals surface area contributed by atoms with Gasteiger partial charge in [0.15, 0.2) is 17.3 Å². The molecule has 0 N–H and O–H groups in total. The molecule has 0 radical (unpaired) electrons. The van der Waals surface area contributed by atoms with Crippen molar-refractivity contribution in [3.8, 4) is 11.5 Å². The number of fused-ring (bicyclic) bond motifs is 2. The smallest absolute Gasteiger partial charge is 0.173 e. The van der Waals surface area contributed by atoms with E-state index in [0.29, 0.717) is 19.0 Å². The summed E-state index contributed by atoms with van der Waals surface area (Å²) in [5, 5.41) is 0. The quantitative estimate of drug-likeness (QED) is 0.630. The second-order valence-corrected chi connectivity index (χ2v) is 6.90. The van der Waals surface area contributed by atoms with Crippen LogP contribution in [0.5, 0.6) is 11.5 Å². The predicted octanol–water partition coefficient (Wildman–Crippen LogP) is 3.92. The zero-order valence-electron chi connectivity index (χ0n) is 12.8. The summed E-state index contributed by atoms with van der Waals surface area (Å²) in [7, 11) is 0. The van der Waals surface area contributed by atoms with E-state index in [4.69, 9.17) is 9.47 Å². The normalized spacial score (nSPS) is 15.3. The Balaban J connectivity index is 1.43. The van der Waals surface area contributed by atoms with Crippen LogP contribution in [0.3, 0.4) is 0 Å². The van der Waals surface area contributed by atoms with Gasteiger partial charge in [0, 0.05) is 10.5 Å². The third-order valence-electron chi connectivity index (χ3n) is 4.30. The van der Waals surface area contributed by atoms with E-state index in [1.54, 1.807) is 11.8 Å². The van der Waals surface area contributed by atoms with Crippen LogP contribution in [-0.4, -0.2) is 24.7 Å². The molecule has 0 saturated heterocycles. The van der Waals surface area contributed by atoms with E-state index in [2.05, 4.69) is 12.1 Å². The van der Waals surface area contributed by atoms with Crippen molar-refractivity contribution in [1.29, 1.82) is 0 Å². The van der Waals surface area contributed by atoms with E-state index in [1.807, 2.05) is 24.3 Å². The fraction of sp³-hybridized carbons (Fsp3) is 0.316. The predicted molar refractivity (Wildman–Crippen MR) is 91.0 cm³/mol. The highest BCUT2D eigenvalue weighted by atomic mass is 32.2. The largest absolute Gasteiger partial charge is 0.486 e. The highest BCUT2D eigenvalue weighted by Gasteiger charge is 2.15. The molecule has 0 unspecified atom stereocenters. The van der Waals surface area contributed by atoms with E-state index < -0.39 is 0 Å². The Morgan fingerprint density at radius 1 is 0.957 bits per heavy atom. The van der Waals surface area contributed by atoms with Crippen LogP contribution in [0.15, 0.2) is 41.3 Å². The van der Waals surface area contributed by atoms with Crippen molar-refractivity contribution < 1.29 is 14.3 Å². The maximum atomic E-state index is 12.4. The molecular weight excluding hydrogens is 308 g/mol. The van der Waals surface area contributed by atoms with Crippen molar-refractivity contribution in [2.75, 3.05) is 19.0 Å². The van der Waals surface area contributed by atoms with E-state index in [0.717, 1.165) is 34.8 Å². The van der Waals surface area contributed by atoms with Crippen LogP contribution in [0.1, 0.15) is 27.9 Å². The molecule has 23 heavy (non-hydrogen) atoms. The molecule has 2 aliphatic rings. The fourth-order valence-electron chi connectivity index (χ4n) is 3.09. The van der Waals surface area contributed by atoms with Crippen molar-refractivity contribution in [2.45, 2.75) is 24.2 Å². The zero-order chi connectivity index (χ0) is 15.6. The van der Waals surface area contributed by atoms with Gasteiger partial charge in [0.05, 0.1) is 5.75 Å². The summed E-state index contributed by atoms with van der Waals surface area (Å²) >= 11 is 1.54. The summed E-state index contributed by atoms with van der Waals surface area (Å²) in [5.41, 5.74) is 3.58. The zero-order valence-corrected chi connectivity index (χ0v) is 13.7. The molecule has 0 aromatic heterocycles. The monoisotopic (exact) mass is 326 g/mol. The maximum absolute atomic E-state index is 12.4. The van der Waals surface area contributed by atoms with Gasteiger partial charge in [-0.1, -0.05) is 12.1 Å². The number of hydrogen-bond donors (Lipinski definition) is 0. The van der Waals surface area contributed by atoms with Crippen LogP contribution in [-0.2, 0) is 12.8 Å². The van der Waals surface area contributed by atoms with Crippen LogP contribution in [0.2, 0.25) is 0 Å². The standard InChI is InChI=1S/C19H18O3S/c20-17(15-5-4-13-2-1-3-14(13)10-15)12-23-16-6-7-18-19(11-16)22-9-8-21-18/h4-7,10-11H,1-3,8-9,12H2. The number of carbonyl (C=O) groups is 1. The number of Topliss-reactive ketones (excluding diaryl/α,β-unsaturated/α-hetero) is 1. The van der Waals surface area contributed by atoms with Gasteiger partial charge >= 0.3 is 0 Å². The molecule has 0 spiro atoms. The lowest BCUT2D eigenvalue weighted by atomic mass is 10.0. The lowest BCUT2D eigenvalue weighted by molar-refractivity contribution is 0.102. The molecule has 0 amide bonds. The van der Waals surface area contributed by atoms with Gasteiger partial charge in [-0.2, -0.15) is 0 Å². The van der Waals surface area contributed by atoms with E-state index in [-0.39, 0.29) is 5.78 Å². The van der Waals surface area contributed by atoms with Gasteiger partial charge in [-0.25, -0.2) is 0 Å². The Morgan fingerprint density at radius 3 is 2.70 bits per heavy atom. The Labute approximate surface area is 140 Å². The SMILES string of the molecule is O=C(CSc1ccc2c(c1)OCCO2)c1ccc2c(c1)CCC2. The summed E-state index contributed by atoms with van der Waals surface area (Å²) in [6.45, 7) is 1.17. The minimum atomic E-state index is 0.180. The number of rotatable bonds is 4. The van der Waals surface area contributed by atoms with Gasteiger partial charge in [0.25, 0.3) is 0 Å². The number of carbonyl (C=O) groups excluding carboxylic acids is 1. The molecule has 0 atom stereocenters. The molecule has 118 valence electrons. The highest BCUT2D eigenvalue weighted by Crippen LogP contribution is 2.34. The van der Waals surface area contributed by atoms with Gasteiger partial charge in [0.1, 0.15) is 13.2 Å². The van der Waals surface area contributed by atoms with E-state index in [9.17, 15) is 4.79 Å². The molecule has 1 aliphatic carbocycles. The fourth-order valence-corrected chi connectivity index (χ4v) is 3.91. The Bertz CT molecular complexity index is 754. The first-order valence-corrected chi connectivity index (χ1v) is 8.95.